The molecule has 0 aromatic carbocycles. The van der Waals surface area contributed by atoms with Crippen LogP contribution in [0, 0.1) is 0 Å². The van der Waals surface area contributed by atoms with Crippen molar-refractivity contribution >= 4 is 27.5 Å². The molecule has 2 heterocycles. The Hall–Kier alpha value is -0.716. The van der Waals surface area contributed by atoms with E-state index < -0.39 is 16.1 Å². The molecule has 1 nitrogen and oxygen atoms in total. The van der Waals surface area contributed by atoms with Crippen LogP contribution >= 0.6 is 11.3 Å². The lowest BCUT2D eigenvalue weighted by Crippen LogP contribution is -2.46. The Labute approximate surface area is 129 Å². The molecule has 0 atom stereocenters. The molecule has 0 spiro atoms. The number of thiophene rings is 1. The van der Waals surface area contributed by atoms with Crippen molar-refractivity contribution in [2.24, 2.45) is 0 Å². The Morgan fingerprint density at radius 2 is 1.65 bits per heavy atom. The molecule has 0 amide bonds. The van der Waals surface area contributed by atoms with Gasteiger partial charge in [-0.1, -0.05) is 45.3 Å². The van der Waals surface area contributed by atoms with Gasteiger partial charge >= 0.3 is 0 Å². The maximum Gasteiger partial charge on any atom is 0.0513 e. The molecule has 0 unspecified atom stereocenters. The van der Waals surface area contributed by atoms with Crippen LogP contribution in [0.5, 0.6) is 0 Å². The fourth-order valence-electron chi connectivity index (χ4n) is 3.39. The van der Waals surface area contributed by atoms with Gasteiger partial charge in [0.1, 0.15) is 0 Å². The van der Waals surface area contributed by atoms with Crippen LogP contribution in [-0.2, 0) is 0 Å². The quantitative estimate of drug-likeness (QED) is 0.664. The average Bonchev–Trinajstić information content (AvgIpc) is 2.78. The van der Waals surface area contributed by atoms with E-state index >= 15 is 0 Å². The second-order valence-electron chi connectivity index (χ2n) is 7.61. The summed E-state index contributed by atoms with van der Waals surface area (Å²) in [4.78, 5) is 6.10. The second kappa shape index (κ2) is 5.58. The third-order valence-corrected chi connectivity index (χ3v) is 13.8. The normalized spacial score (nSPS) is 12.9. The van der Waals surface area contributed by atoms with Gasteiger partial charge in [0.05, 0.1) is 16.1 Å². The van der Waals surface area contributed by atoms with Crippen molar-refractivity contribution in [3.8, 4) is 10.4 Å². The van der Waals surface area contributed by atoms with Crippen molar-refractivity contribution in [1.82, 2.24) is 4.98 Å². The van der Waals surface area contributed by atoms with Crippen LogP contribution in [0.3, 0.4) is 0 Å². The minimum Gasteiger partial charge on any atom is -0.262 e. The Morgan fingerprint density at radius 3 is 2.15 bits per heavy atom. The van der Waals surface area contributed by atoms with Crippen LogP contribution in [-0.4, -0.2) is 21.1 Å². The minimum absolute atomic E-state index is 0.704. The molecule has 2 aromatic rings. The van der Waals surface area contributed by atoms with E-state index in [4.69, 9.17) is 4.98 Å². The molecule has 0 aliphatic rings. The van der Waals surface area contributed by atoms with Crippen molar-refractivity contribution in [3.05, 3.63) is 41.5 Å². The summed E-state index contributed by atoms with van der Waals surface area (Å²) in [6.45, 7) is 14.9. The summed E-state index contributed by atoms with van der Waals surface area (Å²) in [5, 5.41) is 2.85. The molecule has 4 heteroatoms. The molecule has 108 valence electrons. The third-order valence-electron chi connectivity index (χ3n) is 3.61. The summed E-state index contributed by atoms with van der Waals surface area (Å²) in [7, 11) is -2.54. The number of hydrogen-bond donors (Lipinski definition) is 0. The maximum atomic E-state index is 4.76. The van der Waals surface area contributed by atoms with E-state index in [0.717, 1.165) is 0 Å². The fraction of sp³-hybridized carbons (Fsp3) is 0.438. The van der Waals surface area contributed by atoms with E-state index in [9.17, 15) is 0 Å². The lowest BCUT2D eigenvalue weighted by atomic mass is 10.2. The molecule has 0 aliphatic heterocycles. The first-order valence-corrected chi connectivity index (χ1v) is 15.2. The number of pyridine rings is 1. The zero-order chi connectivity index (χ0) is 15.0. The SMILES string of the molecule is C[Si](C)(C)C(c1cc(-c2cccs2)ccn1)[Si](C)(C)C. The maximum absolute atomic E-state index is 4.76. The Balaban J connectivity index is 2.48. The van der Waals surface area contributed by atoms with Crippen LogP contribution in [0.4, 0.5) is 0 Å². The van der Waals surface area contributed by atoms with Crippen molar-refractivity contribution in [2.45, 2.75) is 44.4 Å². The molecule has 0 N–H and O–H groups in total. The molecule has 0 saturated carbocycles. The van der Waals surface area contributed by atoms with E-state index in [0.29, 0.717) is 5.16 Å². The van der Waals surface area contributed by atoms with E-state index in [1.54, 1.807) is 11.3 Å². The lowest BCUT2D eigenvalue weighted by Gasteiger charge is -2.38. The van der Waals surface area contributed by atoms with E-state index in [2.05, 4.69) is 68.9 Å². The number of hydrogen-bond acceptors (Lipinski definition) is 2. The van der Waals surface area contributed by atoms with Gasteiger partial charge < -0.3 is 0 Å². The van der Waals surface area contributed by atoms with Gasteiger partial charge in [-0.25, -0.2) is 0 Å². The molecule has 2 aromatic heterocycles. The Bertz CT molecular complexity index is 551. The van der Waals surface area contributed by atoms with Gasteiger partial charge in [0.25, 0.3) is 0 Å². The van der Waals surface area contributed by atoms with Crippen LogP contribution < -0.4 is 0 Å². The van der Waals surface area contributed by atoms with Crippen molar-refractivity contribution < 1.29 is 0 Å². The Morgan fingerprint density at radius 1 is 1.00 bits per heavy atom. The summed E-state index contributed by atoms with van der Waals surface area (Å²) >= 11 is 1.81. The summed E-state index contributed by atoms with van der Waals surface area (Å²) in [5.74, 6) is 0. The van der Waals surface area contributed by atoms with E-state index in [1.165, 1.54) is 16.1 Å². The van der Waals surface area contributed by atoms with Crippen LogP contribution in [0.2, 0.25) is 39.3 Å². The molecular weight excluding hydrogens is 294 g/mol. The first-order chi connectivity index (χ1) is 9.19. The molecular formula is C16H25NSSi2. The van der Waals surface area contributed by atoms with Crippen LogP contribution in [0.1, 0.15) is 10.9 Å². The lowest BCUT2D eigenvalue weighted by molar-refractivity contribution is 1.07. The highest BCUT2D eigenvalue weighted by molar-refractivity contribution is 7.13. The first-order valence-electron chi connectivity index (χ1n) is 7.19. The van der Waals surface area contributed by atoms with E-state index in [1.807, 2.05) is 6.20 Å². The predicted octanol–water partition coefficient (Wildman–Crippen LogP) is 5.65. The smallest absolute Gasteiger partial charge is 0.0513 e. The topological polar surface area (TPSA) is 12.9 Å². The summed E-state index contributed by atoms with van der Waals surface area (Å²) in [5.41, 5.74) is 2.65. The molecule has 20 heavy (non-hydrogen) atoms. The largest absolute Gasteiger partial charge is 0.262 e. The Kier molecular flexibility index (Phi) is 4.37. The molecule has 2 rings (SSSR count). The van der Waals surface area contributed by atoms with Gasteiger partial charge in [-0.05, 0) is 34.3 Å². The van der Waals surface area contributed by atoms with Crippen molar-refractivity contribution in [1.29, 1.82) is 0 Å². The zero-order valence-electron chi connectivity index (χ0n) is 13.4. The van der Waals surface area contributed by atoms with Gasteiger partial charge in [-0.2, -0.15) is 0 Å². The van der Waals surface area contributed by atoms with Gasteiger partial charge in [-0.15, -0.1) is 11.3 Å². The highest BCUT2D eigenvalue weighted by atomic mass is 32.1. The van der Waals surface area contributed by atoms with Crippen LogP contribution in [0.15, 0.2) is 35.8 Å². The fourth-order valence-corrected chi connectivity index (χ4v) is 16.6. The minimum atomic E-state index is -1.27. The average molecular weight is 320 g/mol. The summed E-state index contributed by atoms with van der Waals surface area (Å²) in [6.07, 6.45) is 2.00. The zero-order valence-corrected chi connectivity index (χ0v) is 16.2. The van der Waals surface area contributed by atoms with E-state index in [-0.39, 0.29) is 0 Å². The molecule has 0 fully saturated rings. The molecule has 0 saturated heterocycles. The predicted molar refractivity (Wildman–Crippen MR) is 97.0 cm³/mol. The highest BCUT2D eigenvalue weighted by Crippen LogP contribution is 2.36. The van der Waals surface area contributed by atoms with Crippen LogP contribution in [0.25, 0.3) is 10.4 Å². The summed E-state index contributed by atoms with van der Waals surface area (Å²) < 4.78 is 0. The molecule has 0 bridgehead atoms. The van der Waals surface area contributed by atoms with Gasteiger partial charge in [0.15, 0.2) is 0 Å². The number of aromatic nitrogens is 1. The third kappa shape index (κ3) is 3.48. The van der Waals surface area contributed by atoms with Gasteiger partial charge in [-0.3, -0.25) is 4.98 Å². The number of nitrogens with zero attached hydrogens (tertiary/aromatic N) is 1. The molecule has 0 radical (unpaired) electrons. The van der Waals surface area contributed by atoms with Gasteiger partial charge in [0, 0.05) is 16.8 Å². The second-order valence-corrected chi connectivity index (χ2v) is 19.8. The first kappa shape index (κ1) is 15.7. The molecule has 0 aliphatic carbocycles. The number of rotatable bonds is 4. The van der Waals surface area contributed by atoms with Crippen molar-refractivity contribution in [3.63, 3.8) is 0 Å². The highest BCUT2D eigenvalue weighted by Gasteiger charge is 2.39. The standard InChI is InChI=1S/C16H25NSSi2/c1-19(2,3)16(20(4,5)6)14-12-13(9-10-17-14)15-8-7-11-18-15/h7-12,16H,1-6H3. The van der Waals surface area contributed by atoms with Gasteiger partial charge in [0.2, 0.25) is 0 Å². The monoisotopic (exact) mass is 319 g/mol. The van der Waals surface area contributed by atoms with Crippen molar-refractivity contribution in [2.75, 3.05) is 0 Å². The summed E-state index contributed by atoms with van der Waals surface area (Å²) in [6, 6.07) is 8.80.